The van der Waals surface area contributed by atoms with Crippen LogP contribution in [0.25, 0.3) is 0 Å². The number of hydrogen-bond donors (Lipinski definition) is 3. The highest BCUT2D eigenvalue weighted by Crippen LogP contribution is 2.25. The monoisotopic (exact) mass is 354 g/mol. The standard InChI is InChI=1S/C15H19BrN2O3/c1-9-3-2-4-11(7-9)17-15(21)18-13-8-10(14(19)20)5-6-12(13)16/h5-6,8-9,11H,2-4,7H2,1H3,(H,19,20)(H2,17,18,21). The molecule has 2 rings (SSSR count). The van der Waals surface area contributed by atoms with E-state index in [1.165, 1.54) is 18.6 Å². The Balaban J connectivity index is 1.99. The average molecular weight is 355 g/mol. The van der Waals surface area contributed by atoms with Crippen LogP contribution in [0.1, 0.15) is 43.0 Å². The third kappa shape index (κ3) is 4.46. The van der Waals surface area contributed by atoms with E-state index in [2.05, 4.69) is 33.5 Å². The van der Waals surface area contributed by atoms with Gasteiger partial charge in [0.25, 0.3) is 0 Å². The number of benzene rings is 1. The van der Waals surface area contributed by atoms with Crippen molar-refractivity contribution in [2.24, 2.45) is 5.92 Å². The van der Waals surface area contributed by atoms with E-state index in [1.54, 1.807) is 6.07 Å². The van der Waals surface area contributed by atoms with Crippen LogP contribution in [-0.2, 0) is 0 Å². The molecule has 114 valence electrons. The Bertz CT molecular complexity index is 548. The Labute approximate surface area is 132 Å². The van der Waals surface area contributed by atoms with Crippen molar-refractivity contribution in [2.45, 2.75) is 38.6 Å². The second-order valence-corrected chi connectivity index (χ2v) is 6.42. The molecule has 1 aliphatic carbocycles. The van der Waals surface area contributed by atoms with Gasteiger partial charge >= 0.3 is 12.0 Å². The van der Waals surface area contributed by atoms with Crippen LogP contribution in [0.15, 0.2) is 22.7 Å². The van der Waals surface area contributed by atoms with E-state index in [0.717, 1.165) is 19.3 Å². The van der Waals surface area contributed by atoms with Crippen molar-refractivity contribution >= 4 is 33.6 Å². The predicted octanol–water partition coefficient (Wildman–Crippen LogP) is 3.85. The highest BCUT2D eigenvalue weighted by Gasteiger charge is 2.20. The van der Waals surface area contributed by atoms with Gasteiger partial charge in [-0.2, -0.15) is 0 Å². The smallest absolute Gasteiger partial charge is 0.335 e. The molecule has 0 heterocycles. The van der Waals surface area contributed by atoms with Crippen LogP contribution in [0.2, 0.25) is 0 Å². The second-order valence-electron chi connectivity index (χ2n) is 5.57. The minimum atomic E-state index is -1.02. The highest BCUT2D eigenvalue weighted by molar-refractivity contribution is 9.10. The van der Waals surface area contributed by atoms with Gasteiger partial charge in [-0.05, 0) is 52.9 Å². The summed E-state index contributed by atoms with van der Waals surface area (Å²) in [6, 6.07) is 4.43. The lowest BCUT2D eigenvalue weighted by molar-refractivity contribution is 0.0697. The van der Waals surface area contributed by atoms with Crippen LogP contribution in [0.3, 0.4) is 0 Å². The molecule has 6 heteroatoms. The number of amides is 2. The SMILES string of the molecule is CC1CCCC(NC(=O)Nc2cc(C(=O)O)ccc2Br)C1. The Kier molecular flexibility index (Phi) is 5.22. The Morgan fingerprint density at radius 2 is 2.10 bits per heavy atom. The largest absolute Gasteiger partial charge is 0.478 e. The second kappa shape index (κ2) is 6.93. The van der Waals surface area contributed by atoms with Crippen LogP contribution in [-0.4, -0.2) is 23.1 Å². The summed E-state index contributed by atoms with van der Waals surface area (Å²) >= 11 is 3.31. The van der Waals surface area contributed by atoms with Gasteiger partial charge in [0, 0.05) is 10.5 Å². The molecule has 1 saturated carbocycles. The zero-order valence-electron chi connectivity index (χ0n) is 11.9. The summed E-state index contributed by atoms with van der Waals surface area (Å²) in [5.41, 5.74) is 0.594. The number of carboxylic acid groups (broad SMARTS) is 1. The Morgan fingerprint density at radius 3 is 2.76 bits per heavy atom. The van der Waals surface area contributed by atoms with Gasteiger partial charge in [-0.1, -0.05) is 19.8 Å². The highest BCUT2D eigenvalue weighted by atomic mass is 79.9. The van der Waals surface area contributed by atoms with Crippen molar-refractivity contribution in [3.05, 3.63) is 28.2 Å². The van der Waals surface area contributed by atoms with Crippen molar-refractivity contribution in [1.82, 2.24) is 5.32 Å². The molecule has 5 nitrogen and oxygen atoms in total. The first-order valence-corrected chi connectivity index (χ1v) is 7.85. The molecule has 21 heavy (non-hydrogen) atoms. The van der Waals surface area contributed by atoms with Crippen molar-refractivity contribution < 1.29 is 14.7 Å². The summed E-state index contributed by atoms with van der Waals surface area (Å²) in [5.74, 6) is -0.391. The van der Waals surface area contributed by atoms with E-state index < -0.39 is 5.97 Å². The van der Waals surface area contributed by atoms with Crippen LogP contribution in [0.5, 0.6) is 0 Å². The minimum Gasteiger partial charge on any atom is -0.478 e. The quantitative estimate of drug-likeness (QED) is 0.771. The normalized spacial score (nSPS) is 21.6. The Morgan fingerprint density at radius 1 is 1.33 bits per heavy atom. The van der Waals surface area contributed by atoms with Crippen molar-refractivity contribution in [3.63, 3.8) is 0 Å². The average Bonchev–Trinajstić information content (AvgIpc) is 2.41. The molecule has 1 fully saturated rings. The molecule has 0 saturated heterocycles. The number of carboxylic acids is 1. The molecule has 3 N–H and O–H groups in total. The zero-order chi connectivity index (χ0) is 15.4. The molecule has 0 spiro atoms. The van der Waals surface area contributed by atoms with E-state index in [-0.39, 0.29) is 17.6 Å². The number of aromatic carboxylic acids is 1. The lowest BCUT2D eigenvalue weighted by atomic mass is 9.87. The van der Waals surface area contributed by atoms with E-state index in [0.29, 0.717) is 16.1 Å². The van der Waals surface area contributed by atoms with Gasteiger partial charge in [0.05, 0.1) is 11.3 Å². The molecule has 0 bridgehead atoms. The van der Waals surface area contributed by atoms with Gasteiger partial charge in [0.15, 0.2) is 0 Å². The first-order valence-electron chi connectivity index (χ1n) is 7.06. The molecule has 0 radical (unpaired) electrons. The van der Waals surface area contributed by atoms with E-state index in [4.69, 9.17) is 5.11 Å². The van der Waals surface area contributed by atoms with E-state index in [1.807, 2.05) is 0 Å². The number of rotatable bonds is 3. The number of halogens is 1. The molecule has 2 amide bonds. The number of carbonyl (C=O) groups is 2. The van der Waals surface area contributed by atoms with Crippen molar-refractivity contribution in [1.29, 1.82) is 0 Å². The molecule has 0 aliphatic heterocycles. The maximum absolute atomic E-state index is 12.0. The summed E-state index contributed by atoms with van der Waals surface area (Å²) in [6.07, 6.45) is 4.33. The molecular weight excluding hydrogens is 336 g/mol. The van der Waals surface area contributed by atoms with Gasteiger partial charge in [0.2, 0.25) is 0 Å². The van der Waals surface area contributed by atoms with E-state index in [9.17, 15) is 9.59 Å². The number of hydrogen-bond acceptors (Lipinski definition) is 2. The molecule has 1 aromatic rings. The first kappa shape index (κ1) is 15.8. The third-order valence-electron chi connectivity index (χ3n) is 3.73. The fourth-order valence-corrected chi connectivity index (χ4v) is 3.01. The maximum Gasteiger partial charge on any atom is 0.335 e. The van der Waals surface area contributed by atoms with Gasteiger partial charge in [0.1, 0.15) is 0 Å². The molecule has 0 aromatic heterocycles. The summed E-state index contributed by atoms with van der Waals surface area (Å²) < 4.78 is 0.652. The lowest BCUT2D eigenvalue weighted by Gasteiger charge is -2.27. The maximum atomic E-state index is 12.0. The lowest BCUT2D eigenvalue weighted by Crippen LogP contribution is -2.40. The number of carbonyl (C=O) groups excluding carboxylic acids is 1. The topological polar surface area (TPSA) is 78.4 Å². The molecule has 1 aliphatic rings. The molecule has 2 atom stereocenters. The minimum absolute atomic E-state index is 0.139. The van der Waals surface area contributed by atoms with Gasteiger partial charge in [-0.3, -0.25) is 0 Å². The van der Waals surface area contributed by atoms with Crippen molar-refractivity contribution in [2.75, 3.05) is 5.32 Å². The number of urea groups is 1. The fraction of sp³-hybridized carbons (Fsp3) is 0.467. The molecule has 1 aromatic carbocycles. The molecule has 2 unspecified atom stereocenters. The van der Waals surface area contributed by atoms with Crippen LogP contribution in [0.4, 0.5) is 10.5 Å². The van der Waals surface area contributed by atoms with Crippen LogP contribution < -0.4 is 10.6 Å². The summed E-state index contributed by atoms with van der Waals surface area (Å²) in [4.78, 5) is 23.0. The van der Waals surface area contributed by atoms with E-state index >= 15 is 0 Å². The Hall–Kier alpha value is -1.56. The predicted molar refractivity (Wildman–Crippen MR) is 84.7 cm³/mol. The zero-order valence-corrected chi connectivity index (χ0v) is 13.4. The first-order chi connectivity index (χ1) is 9.95. The van der Waals surface area contributed by atoms with Crippen molar-refractivity contribution in [3.8, 4) is 0 Å². The number of nitrogens with one attached hydrogen (secondary N) is 2. The van der Waals surface area contributed by atoms with Crippen LogP contribution in [0, 0.1) is 5.92 Å². The van der Waals surface area contributed by atoms with Gasteiger partial charge in [-0.25, -0.2) is 9.59 Å². The van der Waals surface area contributed by atoms with Gasteiger partial charge in [-0.15, -0.1) is 0 Å². The summed E-state index contributed by atoms with van der Waals surface area (Å²) in [7, 11) is 0. The summed E-state index contributed by atoms with van der Waals surface area (Å²) in [5, 5.41) is 14.6. The van der Waals surface area contributed by atoms with Gasteiger partial charge < -0.3 is 15.7 Å². The third-order valence-corrected chi connectivity index (χ3v) is 4.42. The van der Waals surface area contributed by atoms with Crippen LogP contribution >= 0.6 is 15.9 Å². The summed E-state index contributed by atoms with van der Waals surface area (Å²) in [6.45, 7) is 2.19. The molecular formula is C15H19BrN2O3. The fourth-order valence-electron chi connectivity index (χ4n) is 2.66. The number of anilines is 1.